The Labute approximate surface area is 170 Å². The first kappa shape index (κ1) is 19.6. The molecule has 2 saturated carbocycles. The lowest BCUT2D eigenvalue weighted by molar-refractivity contribution is -0.145. The number of hydrogen-bond donors (Lipinski definition) is 0. The van der Waals surface area contributed by atoms with Gasteiger partial charge in [0.05, 0.1) is 0 Å². The summed E-state index contributed by atoms with van der Waals surface area (Å²) in [6.45, 7) is 9.30. The van der Waals surface area contributed by atoms with E-state index in [9.17, 15) is 4.79 Å². The summed E-state index contributed by atoms with van der Waals surface area (Å²) in [4.78, 5) is 12.0. The van der Waals surface area contributed by atoms with Gasteiger partial charge in [-0.25, -0.2) is 0 Å². The van der Waals surface area contributed by atoms with E-state index in [1.165, 1.54) is 10.4 Å². The minimum absolute atomic E-state index is 0.00614. The Morgan fingerprint density at radius 3 is 1.96 bits per heavy atom. The van der Waals surface area contributed by atoms with Crippen molar-refractivity contribution in [1.29, 1.82) is 0 Å². The van der Waals surface area contributed by atoms with E-state index < -0.39 is 8.32 Å². The lowest BCUT2D eigenvalue weighted by Crippen LogP contribution is -2.70. The van der Waals surface area contributed by atoms with Crippen molar-refractivity contribution in [3.63, 3.8) is 0 Å². The zero-order valence-electron chi connectivity index (χ0n) is 17.6. The van der Waals surface area contributed by atoms with Gasteiger partial charge in [-0.3, -0.25) is 4.79 Å². The number of rotatable bonds is 4. The van der Waals surface area contributed by atoms with Gasteiger partial charge >= 0.3 is 0 Å². The van der Waals surface area contributed by atoms with Crippen LogP contribution in [0.5, 0.6) is 0 Å². The summed E-state index contributed by atoms with van der Waals surface area (Å²) < 4.78 is 7.31. The Morgan fingerprint density at radius 1 is 0.964 bits per heavy atom. The molecular formula is C25H32O2Si. The molecule has 0 amide bonds. The van der Waals surface area contributed by atoms with Crippen LogP contribution in [0.25, 0.3) is 0 Å². The highest BCUT2D eigenvalue weighted by atomic mass is 28.4. The van der Waals surface area contributed by atoms with Crippen LogP contribution in [-0.4, -0.2) is 20.2 Å². The Balaban J connectivity index is 1.77. The van der Waals surface area contributed by atoms with E-state index in [4.69, 9.17) is 4.43 Å². The minimum Gasteiger partial charge on any atom is -0.404 e. The molecule has 0 aromatic heterocycles. The molecule has 2 aromatic carbocycles. The molecule has 28 heavy (non-hydrogen) atoms. The van der Waals surface area contributed by atoms with Crippen molar-refractivity contribution in [2.24, 2.45) is 11.3 Å². The topological polar surface area (TPSA) is 26.3 Å². The molecule has 0 bridgehead atoms. The second-order valence-corrected chi connectivity index (χ2v) is 14.3. The molecule has 3 heteroatoms. The van der Waals surface area contributed by atoms with Crippen LogP contribution >= 0.6 is 0 Å². The fourth-order valence-corrected chi connectivity index (χ4v) is 10.4. The van der Waals surface area contributed by atoms with E-state index in [0.717, 1.165) is 25.7 Å². The molecule has 2 aliphatic rings. The van der Waals surface area contributed by atoms with Crippen LogP contribution in [0.4, 0.5) is 0 Å². The third-order valence-electron chi connectivity index (χ3n) is 7.09. The summed E-state index contributed by atoms with van der Waals surface area (Å²) in [7, 11) is -2.49. The first-order valence-corrected chi connectivity index (χ1v) is 12.5. The van der Waals surface area contributed by atoms with E-state index in [1.807, 2.05) is 0 Å². The molecule has 4 rings (SSSR count). The van der Waals surface area contributed by atoms with E-state index >= 15 is 0 Å². The number of ketones is 1. The predicted octanol–water partition coefficient (Wildman–Crippen LogP) is 4.71. The highest BCUT2D eigenvalue weighted by Crippen LogP contribution is 2.57. The van der Waals surface area contributed by atoms with Crippen molar-refractivity contribution in [2.45, 2.75) is 64.5 Å². The summed E-state index contributed by atoms with van der Waals surface area (Å²) in [5.41, 5.74) is 0.144. The maximum atomic E-state index is 12.0. The lowest BCUT2D eigenvalue weighted by Gasteiger charge is -2.59. The largest absolute Gasteiger partial charge is 0.404 e. The van der Waals surface area contributed by atoms with Crippen molar-refractivity contribution in [3.8, 4) is 0 Å². The first-order chi connectivity index (χ1) is 13.3. The lowest BCUT2D eigenvalue weighted by atomic mass is 9.53. The van der Waals surface area contributed by atoms with Gasteiger partial charge in [0.15, 0.2) is 0 Å². The van der Waals surface area contributed by atoms with Gasteiger partial charge in [-0.05, 0) is 39.6 Å². The Kier molecular flexibility index (Phi) is 4.87. The van der Waals surface area contributed by atoms with Gasteiger partial charge in [0, 0.05) is 18.9 Å². The second kappa shape index (κ2) is 6.96. The van der Waals surface area contributed by atoms with Gasteiger partial charge in [0.1, 0.15) is 5.78 Å². The van der Waals surface area contributed by atoms with E-state index in [1.54, 1.807) is 0 Å². The number of hydrogen-bond acceptors (Lipinski definition) is 2. The fraction of sp³-hybridized carbons (Fsp3) is 0.480. The maximum Gasteiger partial charge on any atom is 0.261 e. The quantitative estimate of drug-likeness (QED) is 0.704. The molecule has 0 aliphatic heterocycles. The molecule has 0 radical (unpaired) electrons. The summed E-state index contributed by atoms with van der Waals surface area (Å²) in [6, 6.07) is 21.8. The third kappa shape index (κ3) is 3.09. The molecule has 2 fully saturated rings. The monoisotopic (exact) mass is 392 g/mol. The molecule has 2 aliphatic carbocycles. The zero-order chi connectivity index (χ0) is 20.0. The van der Waals surface area contributed by atoms with E-state index in [-0.39, 0.29) is 16.6 Å². The molecule has 148 valence electrons. The molecule has 0 heterocycles. The van der Waals surface area contributed by atoms with E-state index in [2.05, 4.69) is 88.4 Å². The van der Waals surface area contributed by atoms with Crippen molar-refractivity contribution in [2.75, 3.05) is 0 Å². The third-order valence-corrected chi connectivity index (χ3v) is 12.2. The molecule has 0 N–H and O–H groups in total. The first-order valence-electron chi connectivity index (χ1n) is 10.6. The van der Waals surface area contributed by atoms with Crippen molar-refractivity contribution < 1.29 is 9.22 Å². The van der Waals surface area contributed by atoms with Crippen molar-refractivity contribution in [3.05, 3.63) is 60.7 Å². The average molecular weight is 393 g/mol. The van der Waals surface area contributed by atoms with Gasteiger partial charge in [0.2, 0.25) is 0 Å². The van der Waals surface area contributed by atoms with Crippen LogP contribution in [0.1, 0.15) is 53.4 Å². The molecule has 3 atom stereocenters. The SMILES string of the molecule is CC(C)(C)[Si](O[C@@H]1C[C@]2(C)CC(=O)CC[C@H]12)(c1ccccc1)c1ccccc1. The minimum atomic E-state index is -2.49. The van der Waals surface area contributed by atoms with Crippen LogP contribution in [0.15, 0.2) is 60.7 Å². The maximum absolute atomic E-state index is 12.0. The molecular weight excluding hydrogens is 360 g/mol. The summed E-state index contributed by atoms with van der Waals surface area (Å²) in [6.07, 6.45) is 3.70. The van der Waals surface area contributed by atoms with Gasteiger partial charge in [-0.15, -0.1) is 0 Å². The Bertz CT molecular complexity index is 800. The fourth-order valence-electron chi connectivity index (χ4n) is 5.68. The summed E-state index contributed by atoms with van der Waals surface area (Å²) in [5.74, 6) is 0.939. The van der Waals surface area contributed by atoms with Crippen LogP contribution in [0.3, 0.4) is 0 Å². The van der Waals surface area contributed by atoms with Crippen LogP contribution < -0.4 is 10.4 Å². The number of carbonyl (C=O) groups excluding carboxylic acids is 1. The Morgan fingerprint density at radius 2 is 1.50 bits per heavy atom. The Hall–Kier alpha value is -1.71. The van der Waals surface area contributed by atoms with Crippen molar-refractivity contribution in [1.82, 2.24) is 0 Å². The predicted molar refractivity (Wildman–Crippen MR) is 118 cm³/mol. The standard InChI is InChI=1S/C25H32O2Si/c1-24(2,3)28(20-11-7-5-8-12-20,21-13-9-6-10-14-21)27-23-18-25(4)17-19(26)15-16-22(23)25/h5-14,22-23H,15-18H2,1-4H3/t22-,23-,25+/m1/s1. The molecule has 2 nitrogen and oxygen atoms in total. The van der Waals surface area contributed by atoms with Gasteiger partial charge in [0.25, 0.3) is 8.32 Å². The highest BCUT2D eigenvalue weighted by molar-refractivity contribution is 6.99. The number of carbonyl (C=O) groups is 1. The highest BCUT2D eigenvalue weighted by Gasteiger charge is 2.59. The smallest absolute Gasteiger partial charge is 0.261 e. The van der Waals surface area contributed by atoms with Gasteiger partial charge in [-0.1, -0.05) is 88.4 Å². The molecule has 0 spiro atoms. The average Bonchev–Trinajstić information content (AvgIpc) is 2.64. The van der Waals surface area contributed by atoms with Gasteiger partial charge in [-0.2, -0.15) is 0 Å². The normalized spacial score (nSPS) is 27.8. The van der Waals surface area contributed by atoms with Gasteiger partial charge < -0.3 is 4.43 Å². The van der Waals surface area contributed by atoms with Crippen LogP contribution in [0, 0.1) is 11.3 Å². The summed E-state index contributed by atoms with van der Waals surface area (Å²) >= 11 is 0. The second-order valence-electron chi connectivity index (χ2n) is 10.0. The van der Waals surface area contributed by atoms with Crippen molar-refractivity contribution >= 4 is 24.5 Å². The zero-order valence-corrected chi connectivity index (χ0v) is 18.6. The summed E-state index contributed by atoms with van der Waals surface area (Å²) in [5, 5.41) is 2.69. The molecule has 2 aromatic rings. The molecule has 0 unspecified atom stereocenters. The van der Waals surface area contributed by atoms with E-state index in [0.29, 0.717) is 11.7 Å². The van der Waals surface area contributed by atoms with Crippen LogP contribution in [-0.2, 0) is 9.22 Å². The number of benzene rings is 2. The number of fused-ring (bicyclic) bond motifs is 1. The molecule has 0 saturated heterocycles. The number of Topliss-reactive ketones (excluding diaryl/α,β-unsaturated/α-hetero) is 1. The van der Waals surface area contributed by atoms with Crippen LogP contribution in [0.2, 0.25) is 5.04 Å².